The van der Waals surface area contributed by atoms with Crippen LogP contribution in [-0.2, 0) is 4.79 Å². The summed E-state index contributed by atoms with van der Waals surface area (Å²) in [5.74, 6) is 0.745. The van der Waals surface area contributed by atoms with Crippen LogP contribution in [0.25, 0.3) is 0 Å². The first-order valence-electron chi connectivity index (χ1n) is 6.51. The predicted molar refractivity (Wildman–Crippen MR) is 79.0 cm³/mol. The van der Waals surface area contributed by atoms with E-state index in [9.17, 15) is 15.2 Å². The number of hydrogen-bond acceptors (Lipinski definition) is 4. The Bertz CT molecular complexity index is 573. The highest BCUT2D eigenvalue weighted by atomic mass is 32.2. The first-order valence-corrected chi connectivity index (χ1v) is 7.50. The second-order valence-electron chi connectivity index (χ2n) is 4.60. The van der Waals surface area contributed by atoms with Crippen LogP contribution in [0.4, 0.5) is 0 Å². The number of carbonyl (C=O) groups excluding carboxylic acids is 1. The van der Waals surface area contributed by atoms with Crippen LogP contribution in [-0.4, -0.2) is 16.8 Å². The highest BCUT2D eigenvalue weighted by molar-refractivity contribution is 8.03. The molecule has 4 nitrogen and oxygen atoms in total. The van der Waals surface area contributed by atoms with Crippen LogP contribution in [0.1, 0.15) is 31.2 Å². The number of benzene rings is 1. The van der Waals surface area contributed by atoms with Gasteiger partial charge in [0.25, 0.3) is 0 Å². The van der Waals surface area contributed by atoms with Gasteiger partial charge in [0.2, 0.25) is 5.91 Å². The zero-order chi connectivity index (χ0) is 14.5. The van der Waals surface area contributed by atoms with Crippen LogP contribution in [0, 0.1) is 11.3 Å². The summed E-state index contributed by atoms with van der Waals surface area (Å²) in [6, 6.07) is 8.91. The second kappa shape index (κ2) is 6.49. The summed E-state index contributed by atoms with van der Waals surface area (Å²) in [5.41, 5.74) is 1.48. The number of allylic oxidation sites excluding steroid dienone is 1. The lowest BCUT2D eigenvalue weighted by Gasteiger charge is -2.25. The Balaban J connectivity index is 2.37. The third-order valence-electron chi connectivity index (χ3n) is 3.10. The molecule has 2 rings (SSSR count). The lowest BCUT2D eigenvalue weighted by atomic mass is 9.87. The molecule has 1 aromatic rings. The number of nitrogens with one attached hydrogen (secondary N) is 1. The Kier molecular flexibility index (Phi) is 4.70. The minimum Gasteiger partial charge on any atom is -0.508 e. The third kappa shape index (κ3) is 3.14. The Morgan fingerprint density at radius 1 is 1.45 bits per heavy atom. The van der Waals surface area contributed by atoms with Gasteiger partial charge in [0, 0.05) is 12.3 Å². The fourth-order valence-electron chi connectivity index (χ4n) is 2.13. The van der Waals surface area contributed by atoms with Crippen molar-refractivity contribution >= 4 is 17.7 Å². The maximum absolute atomic E-state index is 11.8. The van der Waals surface area contributed by atoms with Crippen LogP contribution < -0.4 is 5.32 Å². The van der Waals surface area contributed by atoms with Gasteiger partial charge in [0.15, 0.2) is 0 Å². The summed E-state index contributed by atoms with van der Waals surface area (Å²) in [4.78, 5) is 11.8. The molecule has 1 atom stereocenters. The Morgan fingerprint density at radius 3 is 2.75 bits per heavy atom. The molecule has 0 radical (unpaired) electrons. The molecule has 0 aromatic heterocycles. The number of carbonyl (C=O) groups is 1. The molecule has 20 heavy (non-hydrogen) atoms. The summed E-state index contributed by atoms with van der Waals surface area (Å²) in [6.45, 7) is 2.06. The van der Waals surface area contributed by atoms with Gasteiger partial charge >= 0.3 is 0 Å². The van der Waals surface area contributed by atoms with Crippen molar-refractivity contribution < 1.29 is 9.90 Å². The zero-order valence-electron chi connectivity index (χ0n) is 11.2. The van der Waals surface area contributed by atoms with E-state index in [1.807, 2.05) is 0 Å². The van der Waals surface area contributed by atoms with E-state index in [4.69, 9.17) is 0 Å². The molecule has 1 aromatic carbocycles. The molecule has 0 aliphatic carbocycles. The monoisotopic (exact) mass is 288 g/mol. The highest BCUT2D eigenvalue weighted by Crippen LogP contribution is 2.36. The van der Waals surface area contributed by atoms with Gasteiger partial charge in [-0.1, -0.05) is 19.1 Å². The van der Waals surface area contributed by atoms with Crippen LogP contribution in [0.15, 0.2) is 34.9 Å². The van der Waals surface area contributed by atoms with E-state index in [2.05, 4.69) is 18.3 Å². The van der Waals surface area contributed by atoms with Gasteiger partial charge in [-0.2, -0.15) is 5.26 Å². The first-order chi connectivity index (χ1) is 9.65. The van der Waals surface area contributed by atoms with Crippen molar-refractivity contribution in [3.63, 3.8) is 0 Å². The Labute approximate surface area is 122 Å². The predicted octanol–water partition coefficient (Wildman–Crippen LogP) is 2.87. The average Bonchev–Trinajstić information content (AvgIpc) is 2.45. The average molecular weight is 288 g/mol. The molecule has 0 saturated heterocycles. The molecular weight excluding hydrogens is 272 g/mol. The number of nitrogens with zero attached hydrogens (tertiary/aromatic N) is 1. The molecule has 1 heterocycles. The Hall–Kier alpha value is -1.93. The van der Waals surface area contributed by atoms with Crippen molar-refractivity contribution in [2.24, 2.45) is 0 Å². The zero-order valence-corrected chi connectivity index (χ0v) is 12.0. The van der Waals surface area contributed by atoms with Crippen molar-refractivity contribution in [1.29, 1.82) is 5.26 Å². The summed E-state index contributed by atoms with van der Waals surface area (Å²) in [7, 11) is 0. The smallest absolute Gasteiger partial charge is 0.225 e. The van der Waals surface area contributed by atoms with E-state index in [0.29, 0.717) is 10.6 Å². The fourth-order valence-corrected chi connectivity index (χ4v) is 3.07. The summed E-state index contributed by atoms with van der Waals surface area (Å²) in [6.07, 6.45) is 1.25. The quantitative estimate of drug-likeness (QED) is 0.893. The van der Waals surface area contributed by atoms with Gasteiger partial charge in [-0.05, 0) is 29.9 Å². The largest absolute Gasteiger partial charge is 0.508 e. The molecule has 0 bridgehead atoms. The molecule has 0 fully saturated rings. The van der Waals surface area contributed by atoms with E-state index in [-0.39, 0.29) is 24.0 Å². The molecule has 0 spiro atoms. The molecular formula is C15H16N2O2S. The number of aromatic hydroxyl groups is 1. The minimum atomic E-state index is -0.228. The SMILES string of the molecule is CCCSC1=C(C#N)[C@H](c2ccc(O)cc2)CC(=O)N1. The molecule has 104 valence electrons. The summed E-state index contributed by atoms with van der Waals surface area (Å²) >= 11 is 1.51. The van der Waals surface area contributed by atoms with Crippen LogP contribution >= 0.6 is 11.8 Å². The van der Waals surface area contributed by atoms with E-state index in [0.717, 1.165) is 17.7 Å². The number of phenols is 1. The maximum atomic E-state index is 11.8. The minimum absolute atomic E-state index is 0.0688. The number of thioether (sulfide) groups is 1. The van der Waals surface area contributed by atoms with Crippen LogP contribution in [0.5, 0.6) is 5.75 Å². The molecule has 0 saturated carbocycles. The number of phenolic OH excluding ortho intramolecular Hbond substituents is 1. The van der Waals surface area contributed by atoms with Gasteiger partial charge in [0.05, 0.1) is 16.7 Å². The van der Waals surface area contributed by atoms with Gasteiger partial charge in [-0.3, -0.25) is 4.79 Å². The van der Waals surface area contributed by atoms with Gasteiger partial charge < -0.3 is 10.4 Å². The van der Waals surface area contributed by atoms with Crippen LogP contribution in [0.2, 0.25) is 0 Å². The number of amides is 1. The molecule has 5 heteroatoms. The summed E-state index contributed by atoms with van der Waals surface area (Å²) < 4.78 is 0. The topological polar surface area (TPSA) is 73.1 Å². The first kappa shape index (κ1) is 14.5. The van der Waals surface area contributed by atoms with Crippen molar-refractivity contribution in [3.8, 4) is 11.8 Å². The van der Waals surface area contributed by atoms with Crippen molar-refractivity contribution in [3.05, 3.63) is 40.4 Å². The van der Waals surface area contributed by atoms with Crippen molar-refractivity contribution in [1.82, 2.24) is 5.32 Å². The number of hydrogen-bond donors (Lipinski definition) is 2. The van der Waals surface area contributed by atoms with Gasteiger partial charge in [-0.15, -0.1) is 11.8 Å². The fraction of sp³-hybridized carbons (Fsp3) is 0.333. The lowest BCUT2D eigenvalue weighted by molar-refractivity contribution is -0.120. The van der Waals surface area contributed by atoms with Crippen molar-refractivity contribution in [2.45, 2.75) is 25.7 Å². The van der Waals surface area contributed by atoms with E-state index < -0.39 is 0 Å². The normalized spacial score (nSPS) is 18.6. The van der Waals surface area contributed by atoms with Crippen LogP contribution in [0.3, 0.4) is 0 Å². The number of rotatable bonds is 4. The molecule has 1 amide bonds. The van der Waals surface area contributed by atoms with Gasteiger partial charge in [-0.25, -0.2) is 0 Å². The maximum Gasteiger partial charge on any atom is 0.225 e. The third-order valence-corrected chi connectivity index (χ3v) is 4.33. The van der Waals surface area contributed by atoms with Gasteiger partial charge in [0.1, 0.15) is 5.75 Å². The molecule has 1 aliphatic heterocycles. The van der Waals surface area contributed by atoms with E-state index in [1.165, 1.54) is 11.8 Å². The van der Waals surface area contributed by atoms with E-state index in [1.54, 1.807) is 24.3 Å². The molecule has 2 N–H and O–H groups in total. The summed E-state index contributed by atoms with van der Waals surface area (Å²) in [5, 5.41) is 22.2. The standard InChI is InChI=1S/C15H16N2O2S/c1-2-7-20-15-13(9-16)12(8-14(19)17-15)10-3-5-11(18)6-4-10/h3-6,12,18H,2,7-8H2,1H3,(H,17,19)/t12-/m0/s1. The second-order valence-corrected chi connectivity index (χ2v) is 5.70. The molecule has 1 aliphatic rings. The van der Waals surface area contributed by atoms with Crippen molar-refractivity contribution in [2.75, 3.05) is 5.75 Å². The number of nitriles is 1. The lowest BCUT2D eigenvalue weighted by Crippen LogP contribution is -2.30. The Morgan fingerprint density at radius 2 is 2.15 bits per heavy atom. The molecule has 0 unspecified atom stereocenters. The van der Waals surface area contributed by atoms with E-state index >= 15 is 0 Å². The highest BCUT2D eigenvalue weighted by Gasteiger charge is 2.29.